The number of hydrogen-bond donors (Lipinski definition) is 1. The largest absolute Gasteiger partial charge is 0.385 e. The van der Waals surface area contributed by atoms with Crippen molar-refractivity contribution in [1.29, 1.82) is 0 Å². The third-order valence-electron chi connectivity index (χ3n) is 2.84. The second kappa shape index (κ2) is 9.13. The van der Waals surface area contributed by atoms with Crippen molar-refractivity contribution < 1.29 is 4.74 Å². The Bertz CT molecular complexity index is 140. The van der Waals surface area contributed by atoms with Crippen LogP contribution < -0.4 is 5.73 Å². The lowest BCUT2D eigenvalue weighted by Gasteiger charge is -2.21. The molecule has 0 heterocycles. The van der Waals surface area contributed by atoms with Crippen LogP contribution in [0.3, 0.4) is 0 Å². The zero-order chi connectivity index (χ0) is 11.7. The fourth-order valence-corrected chi connectivity index (χ4v) is 1.44. The van der Waals surface area contributed by atoms with Gasteiger partial charge >= 0.3 is 0 Å². The van der Waals surface area contributed by atoms with Gasteiger partial charge in [0, 0.05) is 19.8 Å². The number of hydrogen-bond acceptors (Lipinski definition) is 3. The van der Waals surface area contributed by atoms with E-state index in [0.717, 1.165) is 32.5 Å². The van der Waals surface area contributed by atoms with Gasteiger partial charge in [0.1, 0.15) is 0 Å². The molecule has 3 heteroatoms. The minimum absolute atomic E-state index is 0.339. The van der Waals surface area contributed by atoms with E-state index in [9.17, 15) is 0 Å². The maximum absolute atomic E-state index is 5.99. The van der Waals surface area contributed by atoms with Crippen molar-refractivity contribution in [2.75, 3.05) is 33.9 Å². The molecule has 15 heavy (non-hydrogen) atoms. The maximum atomic E-state index is 5.99. The molecule has 0 aromatic heterocycles. The van der Waals surface area contributed by atoms with E-state index in [1.54, 1.807) is 7.11 Å². The number of unbranched alkanes of at least 4 members (excludes halogenated alkanes) is 1. The van der Waals surface area contributed by atoms with Crippen LogP contribution in [0.15, 0.2) is 0 Å². The van der Waals surface area contributed by atoms with Crippen LogP contribution in [0.25, 0.3) is 0 Å². The van der Waals surface area contributed by atoms with Gasteiger partial charge in [-0.1, -0.05) is 13.8 Å². The zero-order valence-electron chi connectivity index (χ0n) is 10.8. The summed E-state index contributed by atoms with van der Waals surface area (Å²) in [6, 6.07) is 0.339. The maximum Gasteiger partial charge on any atom is 0.0462 e. The molecule has 0 amide bonds. The number of nitrogens with two attached hydrogens (primary N) is 1. The average Bonchev–Trinajstić information content (AvgIpc) is 2.20. The number of rotatable bonds is 9. The third kappa shape index (κ3) is 8.85. The molecule has 3 nitrogen and oxygen atoms in total. The van der Waals surface area contributed by atoms with Crippen LogP contribution in [-0.2, 0) is 4.74 Å². The highest BCUT2D eigenvalue weighted by molar-refractivity contribution is 4.67. The average molecular weight is 216 g/mol. The Labute approximate surface area is 95.0 Å². The quantitative estimate of drug-likeness (QED) is 0.596. The number of methoxy groups -OCH3 is 1. The van der Waals surface area contributed by atoms with Gasteiger partial charge < -0.3 is 15.4 Å². The summed E-state index contributed by atoms with van der Waals surface area (Å²) in [7, 11) is 3.92. The smallest absolute Gasteiger partial charge is 0.0462 e. The van der Waals surface area contributed by atoms with Crippen LogP contribution >= 0.6 is 0 Å². The Morgan fingerprint density at radius 3 is 2.40 bits per heavy atom. The highest BCUT2D eigenvalue weighted by atomic mass is 16.5. The van der Waals surface area contributed by atoms with Crippen LogP contribution in [0.2, 0.25) is 0 Å². The van der Waals surface area contributed by atoms with Gasteiger partial charge in [0.25, 0.3) is 0 Å². The molecular weight excluding hydrogens is 188 g/mol. The van der Waals surface area contributed by atoms with Crippen LogP contribution in [0.5, 0.6) is 0 Å². The molecule has 1 unspecified atom stereocenters. The molecule has 2 N–H and O–H groups in total. The van der Waals surface area contributed by atoms with Gasteiger partial charge in [-0.2, -0.15) is 0 Å². The summed E-state index contributed by atoms with van der Waals surface area (Å²) in [6.45, 7) is 7.49. The fourth-order valence-electron chi connectivity index (χ4n) is 1.44. The predicted molar refractivity (Wildman–Crippen MR) is 66.0 cm³/mol. The van der Waals surface area contributed by atoms with E-state index in [1.807, 2.05) is 0 Å². The van der Waals surface area contributed by atoms with Crippen molar-refractivity contribution in [1.82, 2.24) is 4.90 Å². The molecule has 0 fully saturated rings. The van der Waals surface area contributed by atoms with E-state index in [2.05, 4.69) is 25.8 Å². The highest BCUT2D eigenvalue weighted by Crippen LogP contribution is 2.04. The molecular formula is C12H28N2O. The first-order valence-electron chi connectivity index (χ1n) is 6.01. The van der Waals surface area contributed by atoms with Gasteiger partial charge in [-0.3, -0.25) is 0 Å². The van der Waals surface area contributed by atoms with Crippen molar-refractivity contribution in [3.05, 3.63) is 0 Å². The van der Waals surface area contributed by atoms with E-state index in [4.69, 9.17) is 10.5 Å². The lowest BCUT2D eigenvalue weighted by atomic mass is 10.0. The van der Waals surface area contributed by atoms with Gasteiger partial charge in [0.2, 0.25) is 0 Å². The van der Waals surface area contributed by atoms with Crippen molar-refractivity contribution in [2.45, 2.75) is 39.2 Å². The first-order chi connectivity index (χ1) is 7.07. The third-order valence-corrected chi connectivity index (χ3v) is 2.84. The Balaban J connectivity index is 3.36. The predicted octanol–water partition coefficient (Wildman–Crippen LogP) is 1.72. The van der Waals surface area contributed by atoms with Gasteiger partial charge in [-0.25, -0.2) is 0 Å². The van der Waals surface area contributed by atoms with Crippen LogP contribution in [0.4, 0.5) is 0 Å². The summed E-state index contributed by atoms with van der Waals surface area (Å²) in [6.07, 6.45) is 3.46. The van der Waals surface area contributed by atoms with E-state index >= 15 is 0 Å². The van der Waals surface area contributed by atoms with E-state index in [0.29, 0.717) is 12.0 Å². The molecule has 0 rings (SSSR count). The van der Waals surface area contributed by atoms with Gasteiger partial charge in [-0.05, 0) is 45.3 Å². The zero-order valence-corrected chi connectivity index (χ0v) is 10.8. The first kappa shape index (κ1) is 14.9. The topological polar surface area (TPSA) is 38.5 Å². The molecule has 0 aromatic rings. The Kier molecular flexibility index (Phi) is 9.06. The Morgan fingerprint density at radius 1 is 1.20 bits per heavy atom. The SMILES string of the molecule is COCCCCN(C)CCC(N)C(C)C. The first-order valence-corrected chi connectivity index (χ1v) is 6.01. The van der Waals surface area contributed by atoms with E-state index in [-0.39, 0.29) is 0 Å². The fraction of sp³-hybridized carbons (Fsp3) is 1.00. The number of nitrogens with zero attached hydrogens (tertiary/aromatic N) is 1. The Hall–Kier alpha value is -0.120. The van der Waals surface area contributed by atoms with Crippen molar-refractivity contribution in [3.8, 4) is 0 Å². The minimum atomic E-state index is 0.339. The number of ether oxygens (including phenoxy) is 1. The molecule has 0 spiro atoms. The molecule has 0 aliphatic heterocycles. The van der Waals surface area contributed by atoms with E-state index in [1.165, 1.54) is 6.42 Å². The van der Waals surface area contributed by atoms with Crippen molar-refractivity contribution >= 4 is 0 Å². The van der Waals surface area contributed by atoms with Gasteiger partial charge in [0.05, 0.1) is 0 Å². The second-order valence-corrected chi connectivity index (χ2v) is 4.70. The second-order valence-electron chi connectivity index (χ2n) is 4.70. The molecule has 0 aliphatic rings. The Morgan fingerprint density at radius 2 is 1.87 bits per heavy atom. The van der Waals surface area contributed by atoms with Crippen molar-refractivity contribution in [3.63, 3.8) is 0 Å². The summed E-state index contributed by atoms with van der Waals surface area (Å²) in [5, 5.41) is 0. The monoisotopic (exact) mass is 216 g/mol. The lowest BCUT2D eigenvalue weighted by molar-refractivity contribution is 0.186. The molecule has 1 atom stereocenters. The summed E-state index contributed by atoms with van der Waals surface area (Å²) >= 11 is 0. The summed E-state index contributed by atoms with van der Waals surface area (Å²) < 4.78 is 5.01. The highest BCUT2D eigenvalue weighted by Gasteiger charge is 2.08. The van der Waals surface area contributed by atoms with Crippen LogP contribution in [0.1, 0.15) is 33.1 Å². The van der Waals surface area contributed by atoms with Crippen LogP contribution in [-0.4, -0.2) is 44.8 Å². The summed E-state index contributed by atoms with van der Waals surface area (Å²) in [5.74, 6) is 0.590. The molecule has 0 aromatic carbocycles. The molecule has 0 bridgehead atoms. The standard InChI is InChI=1S/C12H28N2O/c1-11(2)12(13)7-9-14(3)8-5-6-10-15-4/h11-12H,5-10,13H2,1-4H3. The summed E-state index contributed by atoms with van der Waals surface area (Å²) in [5.41, 5.74) is 5.99. The van der Waals surface area contributed by atoms with Crippen LogP contribution in [0, 0.1) is 5.92 Å². The normalized spacial score (nSPS) is 13.8. The van der Waals surface area contributed by atoms with E-state index < -0.39 is 0 Å². The molecule has 0 saturated carbocycles. The molecule has 0 aliphatic carbocycles. The van der Waals surface area contributed by atoms with Crippen molar-refractivity contribution in [2.24, 2.45) is 11.7 Å². The molecule has 0 saturated heterocycles. The lowest BCUT2D eigenvalue weighted by Crippen LogP contribution is -2.32. The molecule has 0 radical (unpaired) electrons. The summed E-state index contributed by atoms with van der Waals surface area (Å²) in [4.78, 5) is 2.36. The van der Waals surface area contributed by atoms with Gasteiger partial charge in [-0.15, -0.1) is 0 Å². The van der Waals surface area contributed by atoms with Gasteiger partial charge in [0.15, 0.2) is 0 Å². The molecule has 92 valence electrons. The minimum Gasteiger partial charge on any atom is -0.385 e.